The molecule has 21 heavy (non-hydrogen) atoms. The Morgan fingerprint density at radius 1 is 1.33 bits per heavy atom. The van der Waals surface area contributed by atoms with Crippen molar-refractivity contribution in [2.24, 2.45) is 0 Å². The number of halogens is 2. The molecule has 2 aromatic carbocycles. The second-order valence-corrected chi connectivity index (χ2v) is 4.48. The van der Waals surface area contributed by atoms with Gasteiger partial charge in [0, 0.05) is 11.6 Å². The molecule has 0 aromatic heterocycles. The monoisotopic (exact) mass is 306 g/mol. The molecule has 0 saturated heterocycles. The van der Waals surface area contributed by atoms with Crippen LogP contribution in [0.15, 0.2) is 36.4 Å². The number of nitriles is 1. The Bertz CT molecular complexity index is 743. The van der Waals surface area contributed by atoms with Gasteiger partial charge in [0.05, 0.1) is 27.6 Å². The average Bonchev–Trinajstić information content (AvgIpc) is 2.46. The van der Waals surface area contributed by atoms with Crippen LogP contribution in [0.1, 0.15) is 11.1 Å². The van der Waals surface area contributed by atoms with Gasteiger partial charge in [-0.05, 0) is 24.3 Å². The molecular weight excluding hydrogens is 299 g/mol. The molecule has 5 nitrogen and oxygen atoms in total. The van der Waals surface area contributed by atoms with Crippen LogP contribution in [0.5, 0.6) is 5.75 Å². The number of hydrogen-bond acceptors (Lipinski definition) is 4. The van der Waals surface area contributed by atoms with E-state index < -0.39 is 10.7 Å². The van der Waals surface area contributed by atoms with Gasteiger partial charge in [-0.2, -0.15) is 5.26 Å². The summed E-state index contributed by atoms with van der Waals surface area (Å²) in [5.41, 5.74) is 0.423. The molecule has 0 heterocycles. The summed E-state index contributed by atoms with van der Waals surface area (Å²) in [7, 11) is 0. The van der Waals surface area contributed by atoms with Crippen molar-refractivity contribution in [1.29, 1.82) is 5.26 Å². The smallest absolute Gasteiger partial charge is 0.273 e. The fraction of sp³-hybridized carbons (Fsp3) is 0.0714. The minimum atomic E-state index is -0.577. The van der Waals surface area contributed by atoms with Gasteiger partial charge < -0.3 is 4.74 Å². The van der Waals surface area contributed by atoms with Gasteiger partial charge in [-0.15, -0.1) is 0 Å². The number of nitro groups is 1. The third-order valence-electron chi connectivity index (χ3n) is 2.70. The van der Waals surface area contributed by atoms with Gasteiger partial charge in [0.15, 0.2) is 0 Å². The zero-order valence-electron chi connectivity index (χ0n) is 10.5. The third kappa shape index (κ3) is 3.46. The van der Waals surface area contributed by atoms with Crippen molar-refractivity contribution in [2.75, 3.05) is 0 Å². The molecule has 0 fully saturated rings. The Labute approximate surface area is 124 Å². The van der Waals surface area contributed by atoms with E-state index in [4.69, 9.17) is 21.6 Å². The topological polar surface area (TPSA) is 76.2 Å². The van der Waals surface area contributed by atoms with Crippen molar-refractivity contribution < 1.29 is 14.1 Å². The van der Waals surface area contributed by atoms with Crippen molar-refractivity contribution in [1.82, 2.24) is 0 Å². The molecule has 0 atom stereocenters. The van der Waals surface area contributed by atoms with Crippen molar-refractivity contribution >= 4 is 17.3 Å². The first kappa shape index (κ1) is 14.8. The second kappa shape index (κ2) is 6.20. The highest BCUT2D eigenvalue weighted by Gasteiger charge is 2.12. The summed E-state index contributed by atoms with van der Waals surface area (Å²) in [6.45, 7) is -0.123. The van der Waals surface area contributed by atoms with Gasteiger partial charge in [-0.25, -0.2) is 4.39 Å². The van der Waals surface area contributed by atoms with Gasteiger partial charge in [0.2, 0.25) is 0 Å². The van der Waals surface area contributed by atoms with Gasteiger partial charge in [-0.1, -0.05) is 11.6 Å². The number of rotatable bonds is 4. The number of nitro benzene ring substituents is 1. The summed E-state index contributed by atoms with van der Waals surface area (Å²) >= 11 is 5.89. The fourth-order valence-electron chi connectivity index (χ4n) is 1.66. The second-order valence-electron chi connectivity index (χ2n) is 4.07. The number of ether oxygens (including phenoxy) is 1. The summed E-state index contributed by atoms with van der Waals surface area (Å²) in [6, 6.07) is 9.35. The van der Waals surface area contributed by atoms with Crippen molar-refractivity contribution in [3.63, 3.8) is 0 Å². The zero-order chi connectivity index (χ0) is 15.4. The molecule has 2 rings (SSSR count). The van der Waals surface area contributed by atoms with Crippen LogP contribution in [-0.4, -0.2) is 4.92 Å². The maximum atomic E-state index is 13.2. The summed E-state index contributed by atoms with van der Waals surface area (Å²) in [5.74, 6) is -0.406. The lowest BCUT2D eigenvalue weighted by atomic mass is 10.1. The molecule has 0 bridgehead atoms. The standard InChI is InChI=1S/C14H8ClFN2O3/c15-13-4-3-12(18(19)20)6-14(13)21-8-10-5-11(16)2-1-9(10)7-17/h1-6H,8H2. The van der Waals surface area contributed by atoms with E-state index in [1.54, 1.807) is 0 Å². The molecule has 0 spiro atoms. The van der Waals surface area contributed by atoms with E-state index >= 15 is 0 Å². The fourth-order valence-corrected chi connectivity index (χ4v) is 1.83. The Kier molecular flexibility index (Phi) is 4.36. The van der Waals surface area contributed by atoms with Crippen LogP contribution < -0.4 is 4.74 Å². The van der Waals surface area contributed by atoms with E-state index in [1.807, 2.05) is 6.07 Å². The minimum Gasteiger partial charge on any atom is -0.487 e. The van der Waals surface area contributed by atoms with Crippen LogP contribution in [0.25, 0.3) is 0 Å². The Morgan fingerprint density at radius 2 is 2.10 bits per heavy atom. The van der Waals surface area contributed by atoms with Crippen LogP contribution >= 0.6 is 11.6 Å². The van der Waals surface area contributed by atoms with Crippen molar-refractivity contribution in [3.05, 3.63) is 68.5 Å². The van der Waals surface area contributed by atoms with E-state index in [0.29, 0.717) is 5.56 Å². The average molecular weight is 307 g/mol. The van der Waals surface area contributed by atoms with Gasteiger partial charge in [0.25, 0.3) is 5.69 Å². The predicted molar refractivity (Wildman–Crippen MR) is 73.6 cm³/mol. The largest absolute Gasteiger partial charge is 0.487 e. The molecule has 0 unspecified atom stereocenters. The van der Waals surface area contributed by atoms with E-state index in [9.17, 15) is 14.5 Å². The molecule has 0 saturated carbocycles. The van der Waals surface area contributed by atoms with Crippen LogP contribution in [0, 0.1) is 27.3 Å². The Balaban J connectivity index is 2.24. The van der Waals surface area contributed by atoms with Crippen LogP contribution in [-0.2, 0) is 6.61 Å². The van der Waals surface area contributed by atoms with E-state index in [-0.39, 0.29) is 28.6 Å². The lowest BCUT2D eigenvalue weighted by Gasteiger charge is -2.09. The van der Waals surface area contributed by atoms with Crippen LogP contribution in [0.3, 0.4) is 0 Å². The highest BCUT2D eigenvalue weighted by atomic mass is 35.5. The van der Waals surface area contributed by atoms with E-state index in [0.717, 1.165) is 0 Å². The Hall–Kier alpha value is -2.65. The SMILES string of the molecule is N#Cc1ccc(F)cc1COc1cc([N+](=O)[O-])ccc1Cl. The highest BCUT2D eigenvalue weighted by molar-refractivity contribution is 6.32. The molecular formula is C14H8ClFN2O3. The number of benzene rings is 2. The van der Waals surface area contributed by atoms with Gasteiger partial charge >= 0.3 is 0 Å². The molecule has 0 N–H and O–H groups in total. The van der Waals surface area contributed by atoms with E-state index in [1.165, 1.54) is 36.4 Å². The zero-order valence-corrected chi connectivity index (χ0v) is 11.3. The molecule has 0 aliphatic rings. The first-order valence-electron chi connectivity index (χ1n) is 5.76. The van der Waals surface area contributed by atoms with Crippen LogP contribution in [0.4, 0.5) is 10.1 Å². The third-order valence-corrected chi connectivity index (χ3v) is 3.01. The molecule has 106 valence electrons. The van der Waals surface area contributed by atoms with Crippen molar-refractivity contribution in [2.45, 2.75) is 6.61 Å². The summed E-state index contributed by atoms with van der Waals surface area (Å²) in [4.78, 5) is 10.1. The lowest BCUT2D eigenvalue weighted by Crippen LogP contribution is -2.00. The van der Waals surface area contributed by atoms with Crippen LogP contribution in [0.2, 0.25) is 5.02 Å². The Morgan fingerprint density at radius 3 is 2.76 bits per heavy atom. The predicted octanol–water partition coefficient (Wildman–Crippen LogP) is 3.84. The molecule has 0 aliphatic heterocycles. The van der Waals surface area contributed by atoms with E-state index in [2.05, 4.69) is 0 Å². The summed E-state index contributed by atoms with van der Waals surface area (Å²) in [6.07, 6.45) is 0. The molecule has 0 amide bonds. The van der Waals surface area contributed by atoms with Gasteiger partial charge in [0.1, 0.15) is 18.2 Å². The molecule has 0 radical (unpaired) electrons. The first-order chi connectivity index (χ1) is 10.0. The van der Waals surface area contributed by atoms with Crippen molar-refractivity contribution in [3.8, 4) is 11.8 Å². The molecule has 7 heteroatoms. The lowest BCUT2D eigenvalue weighted by molar-refractivity contribution is -0.384. The van der Waals surface area contributed by atoms with Gasteiger partial charge in [-0.3, -0.25) is 10.1 Å². The molecule has 0 aliphatic carbocycles. The minimum absolute atomic E-state index is 0.0963. The number of non-ortho nitro benzene ring substituents is 1. The first-order valence-corrected chi connectivity index (χ1v) is 6.14. The molecule has 2 aromatic rings. The highest BCUT2D eigenvalue weighted by Crippen LogP contribution is 2.29. The maximum absolute atomic E-state index is 13.2. The quantitative estimate of drug-likeness (QED) is 0.635. The summed E-state index contributed by atoms with van der Waals surface area (Å²) < 4.78 is 18.5. The number of hydrogen-bond donors (Lipinski definition) is 0. The summed E-state index contributed by atoms with van der Waals surface area (Å²) in [5, 5.41) is 19.8. The maximum Gasteiger partial charge on any atom is 0.273 e. The number of nitrogens with zero attached hydrogens (tertiary/aromatic N) is 2. The normalized spacial score (nSPS) is 9.95.